The van der Waals surface area contributed by atoms with Crippen LogP contribution in [-0.4, -0.2) is 29.5 Å². The van der Waals surface area contributed by atoms with Crippen LogP contribution in [0.3, 0.4) is 0 Å². The summed E-state index contributed by atoms with van der Waals surface area (Å²) in [5.74, 6) is 0.916. The van der Waals surface area contributed by atoms with E-state index >= 15 is 0 Å². The fourth-order valence-electron chi connectivity index (χ4n) is 3.37. The lowest BCUT2D eigenvalue weighted by Gasteiger charge is -2.30. The maximum atomic E-state index is 6.05. The lowest BCUT2D eigenvalue weighted by Crippen LogP contribution is -2.34. The van der Waals surface area contributed by atoms with Gasteiger partial charge in [-0.05, 0) is 56.8 Å². The molecule has 1 aliphatic rings. The molecule has 0 aromatic carbocycles. The molecule has 0 radical (unpaired) electrons. The van der Waals surface area contributed by atoms with Gasteiger partial charge >= 0.3 is 0 Å². The molecule has 1 saturated heterocycles. The predicted octanol–water partition coefficient (Wildman–Crippen LogP) is 3.29. The third kappa shape index (κ3) is 4.03. The summed E-state index contributed by atoms with van der Waals surface area (Å²) in [5, 5.41) is 0. The topological polar surface area (TPSA) is 42.1 Å². The number of nitrogens with two attached hydrogens (primary N) is 1. The Morgan fingerprint density at radius 3 is 2.85 bits per heavy atom. The van der Waals surface area contributed by atoms with E-state index in [2.05, 4.69) is 28.9 Å². The molecule has 0 bridgehead atoms. The molecule has 1 aromatic heterocycles. The normalized spacial score (nSPS) is 22.4. The van der Waals surface area contributed by atoms with Crippen LogP contribution in [0, 0.1) is 12.8 Å². The highest BCUT2D eigenvalue weighted by Gasteiger charge is 2.23. The van der Waals surface area contributed by atoms with Gasteiger partial charge in [-0.25, -0.2) is 0 Å². The minimum atomic E-state index is 0.337. The second-order valence-electron chi connectivity index (χ2n) is 6.11. The zero-order chi connectivity index (χ0) is 14.4. The number of hydrogen-bond donors (Lipinski definition) is 1. The van der Waals surface area contributed by atoms with Crippen molar-refractivity contribution in [3.63, 3.8) is 0 Å². The van der Waals surface area contributed by atoms with Crippen molar-refractivity contribution in [1.29, 1.82) is 0 Å². The SMILES string of the molecule is CCCC1CCCN(C(CN)c2ccc(C)nc2)CC1. The molecule has 2 N–H and O–H groups in total. The van der Waals surface area contributed by atoms with Crippen LogP contribution >= 0.6 is 0 Å². The standard InChI is InChI=1S/C17H29N3/c1-3-5-15-6-4-10-20(11-9-15)17(12-18)16-8-7-14(2)19-13-16/h7-8,13,15,17H,3-6,9-12,18H2,1-2H3. The zero-order valence-corrected chi connectivity index (χ0v) is 13.0. The highest BCUT2D eigenvalue weighted by atomic mass is 15.2. The quantitative estimate of drug-likeness (QED) is 0.896. The highest BCUT2D eigenvalue weighted by molar-refractivity contribution is 5.18. The Morgan fingerprint density at radius 2 is 2.20 bits per heavy atom. The van der Waals surface area contributed by atoms with Gasteiger partial charge in [-0.15, -0.1) is 0 Å². The van der Waals surface area contributed by atoms with E-state index in [0.717, 1.165) is 11.6 Å². The number of likely N-dealkylation sites (tertiary alicyclic amines) is 1. The third-order valence-corrected chi connectivity index (χ3v) is 4.56. The minimum Gasteiger partial charge on any atom is -0.329 e. The lowest BCUT2D eigenvalue weighted by molar-refractivity contribution is 0.206. The Bertz CT molecular complexity index is 388. The summed E-state index contributed by atoms with van der Waals surface area (Å²) in [6.45, 7) is 7.37. The Labute approximate surface area is 123 Å². The molecule has 112 valence electrons. The van der Waals surface area contributed by atoms with Gasteiger partial charge in [-0.2, -0.15) is 0 Å². The van der Waals surface area contributed by atoms with E-state index in [4.69, 9.17) is 5.73 Å². The molecular formula is C17H29N3. The Balaban J connectivity index is 2.02. The lowest BCUT2D eigenvalue weighted by atomic mass is 9.96. The van der Waals surface area contributed by atoms with E-state index < -0.39 is 0 Å². The first-order valence-corrected chi connectivity index (χ1v) is 8.11. The van der Waals surface area contributed by atoms with Gasteiger partial charge < -0.3 is 5.73 Å². The first-order valence-electron chi connectivity index (χ1n) is 8.11. The van der Waals surface area contributed by atoms with Crippen molar-refractivity contribution in [2.45, 2.75) is 52.0 Å². The molecule has 2 rings (SSSR count). The molecule has 1 aliphatic heterocycles. The maximum Gasteiger partial charge on any atom is 0.0485 e. The minimum absolute atomic E-state index is 0.337. The largest absolute Gasteiger partial charge is 0.329 e. The van der Waals surface area contributed by atoms with E-state index in [9.17, 15) is 0 Å². The molecule has 3 nitrogen and oxygen atoms in total. The fourth-order valence-corrected chi connectivity index (χ4v) is 3.37. The second-order valence-corrected chi connectivity index (χ2v) is 6.11. The molecule has 2 unspecified atom stereocenters. The van der Waals surface area contributed by atoms with Crippen molar-refractivity contribution in [2.24, 2.45) is 11.7 Å². The van der Waals surface area contributed by atoms with Gasteiger partial charge in [0.25, 0.3) is 0 Å². The van der Waals surface area contributed by atoms with Crippen LogP contribution < -0.4 is 5.73 Å². The van der Waals surface area contributed by atoms with Crippen LogP contribution in [0.4, 0.5) is 0 Å². The first-order chi connectivity index (χ1) is 9.74. The summed E-state index contributed by atoms with van der Waals surface area (Å²) in [4.78, 5) is 7.00. The molecule has 20 heavy (non-hydrogen) atoms. The summed E-state index contributed by atoms with van der Waals surface area (Å²) < 4.78 is 0. The summed E-state index contributed by atoms with van der Waals surface area (Å²) >= 11 is 0. The van der Waals surface area contributed by atoms with Gasteiger partial charge in [0, 0.05) is 24.5 Å². The van der Waals surface area contributed by atoms with Crippen LogP contribution in [0.15, 0.2) is 18.3 Å². The average molecular weight is 275 g/mol. The smallest absolute Gasteiger partial charge is 0.0485 e. The van der Waals surface area contributed by atoms with Gasteiger partial charge in [-0.1, -0.05) is 25.8 Å². The molecule has 3 heteroatoms. The number of rotatable bonds is 5. The maximum absolute atomic E-state index is 6.05. The van der Waals surface area contributed by atoms with Crippen LogP contribution in [0.5, 0.6) is 0 Å². The Kier molecular flexibility index (Phi) is 5.99. The number of nitrogens with zero attached hydrogens (tertiary/aromatic N) is 2. The van der Waals surface area contributed by atoms with Crippen LogP contribution in [-0.2, 0) is 0 Å². The summed E-state index contributed by atoms with van der Waals surface area (Å²) in [5.41, 5.74) is 8.39. The van der Waals surface area contributed by atoms with Crippen molar-refractivity contribution in [1.82, 2.24) is 9.88 Å². The summed E-state index contributed by atoms with van der Waals surface area (Å²) in [7, 11) is 0. The van der Waals surface area contributed by atoms with Crippen LogP contribution in [0.25, 0.3) is 0 Å². The van der Waals surface area contributed by atoms with E-state index in [0.29, 0.717) is 12.6 Å². The van der Waals surface area contributed by atoms with E-state index in [1.807, 2.05) is 13.1 Å². The van der Waals surface area contributed by atoms with Crippen molar-refractivity contribution in [3.05, 3.63) is 29.6 Å². The fraction of sp³-hybridized carbons (Fsp3) is 0.706. The van der Waals surface area contributed by atoms with E-state index in [1.165, 1.54) is 50.8 Å². The van der Waals surface area contributed by atoms with Crippen molar-refractivity contribution >= 4 is 0 Å². The molecule has 0 aliphatic carbocycles. The summed E-state index contributed by atoms with van der Waals surface area (Å²) in [6, 6.07) is 4.62. The van der Waals surface area contributed by atoms with Gasteiger partial charge in [0.15, 0.2) is 0 Å². The number of hydrogen-bond acceptors (Lipinski definition) is 3. The monoisotopic (exact) mass is 275 g/mol. The molecule has 2 atom stereocenters. The van der Waals surface area contributed by atoms with Gasteiger partial charge in [0.05, 0.1) is 0 Å². The number of aryl methyl sites for hydroxylation is 1. The third-order valence-electron chi connectivity index (χ3n) is 4.56. The van der Waals surface area contributed by atoms with Crippen molar-refractivity contribution in [2.75, 3.05) is 19.6 Å². The Hall–Kier alpha value is -0.930. The molecular weight excluding hydrogens is 246 g/mol. The van der Waals surface area contributed by atoms with E-state index in [-0.39, 0.29) is 0 Å². The highest BCUT2D eigenvalue weighted by Crippen LogP contribution is 2.27. The van der Waals surface area contributed by atoms with E-state index in [1.54, 1.807) is 0 Å². The average Bonchev–Trinajstić information content (AvgIpc) is 2.68. The molecule has 0 saturated carbocycles. The van der Waals surface area contributed by atoms with Crippen LogP contribution in [0.2, 0.25) is 0 Å². The predicted molar refractivity (Wildman–Crippen MR) is 84.6 cm³/mol. The summed E-state index contributed by atoms with van der Waals surface area (Å²) in [6.07, 6.45) is 8.71. The van der Waals surface area contributed by atoms with Gasteiger partial charge in [-0.3, -0.25) is 9.88 Å². The second kappa shape index (κ2) is 7.75. The molecule has 0 amide bonds. The molecule has 1 aromatic rings. The Morgan fingerprint density at radius 1 is 1.35 bits per heavy atom. The van der Waals surface area contributed by atoms with Crippen LogP contribution in [0.1, 0.15) is 56.3 Å². The van der Waals surface area contributed by atoms with Gasteiger partial charge in [0.2, 0.25) is 0 Å². The van der Waals surface area contributed by atoms with Crippen molar-refractivity contribution < 1.29 is 0 Å². The number of aromatic nitrogens is 1. The number of pyridine rings is 1. The van der Waals surface area contributed by atoms with Crippen molar-refractivity contribution in [3.8, 4) is 0 Å². The molecule has 2 heterocycles. The molecule has 0 spiro atoms. The van der Waals surface area contributed by atoms with Gasteiger partial charge in [0.1, 0.15) is 0 Å². The first kappa shape index (κ1) is 15.5. The zero-order valence-electron chi connectivity index (χ0n) is 13.0. The molecule has 1 fully saturated rings.